The van der Waals surface area contributed by atoms with Crippen LogP contribution in [0.4, 0.5) is 5.69 Å². The van der Waals surface area contributed by atoms with Gasteiger partial charge in [0.25, 0.3) is 0 Å². The Bertz CT molecular complexity index is 829. The molecule has 0 fully saturated rings. The van der Waals surface area contributed by atoms with E-state index in [2.05, 4.69) is 28.6 Å². The van der Waals surface area contributed by atoms with Crippen molar-refractivity contribution < 1.29 is 9.84 Å². The first-order chi connectivity index (χ1) is 12.2. The van der Waals surface area contributed by atoms with E-state index >= 15 is 0 Å². The summed E-state index contributed by atoms with van der Waals surface area (Å²) >= 11 is 0. The number of aliphatic hydroxyl groups is 1. The summed E-state index contributed by atoms with van der Waals surface area (Å²) in [6.07, 6.45) is 1.46. The first-order valence-electron chi connectivity index (χ1n) is 8.54. The van der Waals surface area contributed by atoms with Crippen molar-refractivity contribution >= 4 is 16.6 Å². The van der Waals surface area contributed by atoms with E-state index in [4.69, 9.17) is 4.74 Å². The molecule has 1 aromatic heterocycles. The lowest BCUT2D eigenvalue weighted by Gasteiger charge is -2.14. The maximum Gasteiger partial charge on any atom is 0.121 e. The molecule has 3 aromatic rings. The van der Waals surface area contributed by atoms with Gasteiger partial charge in [-0.2, -0.15) is 0 Å². The smallest absolute Gasteiger partial charge is 0.121 e. The SMILES string of the molecule is CNc1cccc([C@@H](O)CNCCOc2ccc3c(C)c[nH]c3c2)c1. The number of hydrogen-bond acceptors (Lipinski definition) is 4. The number of aliphatic hydroxyl groups excluding tert-OH is 1. The highest BCUT2D eigenvalue weighted by Crippen LogP contribution is 2.22. The molecular formula is C20H25N3O2. The number of benzene rings is 2. The number of anilines is 1. The summed E-state index contributed by atoms with van der Waals surface area (Å²) < 4.78 is 5.77. The molecule has 0 aliphatic rings. The van der Waals surface area contributed by atoms with Gasteiger partial charge < -0.3 is 25.5 Å². The Morgan fingerprint density at radius 3 is 2.92 bits per heavy atom. The molecule has 0 spiro atoms. The average Bonchev–Trinajstić information content (AvgIpc) is 3.01. The highest BCUT2D eigenvalue weighted by molar-refractivity contribution is 5.84. The summed E-state index contributed by atoms with van der Waals surface area (Å²) in [5, 5.41) is 17.8. The number of aromatic amines is 1. The first-order valence-corrected chi connectivity index (χ1v) is 8.54. The van der Waals surface area contributed by atoms with Crippen molar-refractivity contribution in [2.24, 2.45) is 0 Å². The fourth-order valence-electron chi connectivity index (χ4n) is 2.84. The van der Waals surface area contributed by atoms with Gasteiger partial charge in [0.05, 0.1) is 6.10 Å². The second-order valence-electron chi connectivity index (χ2n) is 6.12. The summed E-state index contributed by atoms with van der Waals surface area (Å²) in [5.41, 5.74) is 4.21. The van der Waals surface area contributed by atoms with E-state index in [1.54, 1.807) is 0 Å². The predicted molar refractivity (Wildman–Crippen MR) is 102 cm³/mol. The zero-order chi connectivity index (χ0) is 17.6. The number of hydrogen-bond donors (Lipinski definition) is 4. The molecule has 132 valence electrons. The van der Waals surface area contributed by atoms with Gasteiger partial charge in [-0.3, -0.25) is 0 Å². The fourth-order valence-corrected chi connectivity index (χ4v) is 2.84. The minimum Gasteiger partial charge on any atom is -0.492 e. The van der Waals surface area contributed by atoms with Crippen molar-refractivity contribution in [2.45, 2.75) is 13.0 Å². The van der Waals surface area contributed by atoms with Crippen LogP contribution in [-0.4, -0.2) is 36.8 Å². The van der Waals surface area contributed by atoms with Crippen LogP contribution in [0, 0.1) is 6.92 Å². The molecule has 0 saturated heterocycles. The molecule has 2 aromatic carbocycles. The third-order valence-corrected chi connectivity index (χ3v) is 4.31. The van der Waals surface area contributed by atoms with E-state index in [0.29, 0.717) is 19.7 Å². The molecule has 5 nitrogen and oxygen atoms in total. The van der Waals surface area contributed by atoms with Crippen LogP contribution >= 0.6 is 0 Å². The molecular weight excluding hydrogens is 314 g/mol. The van der Waals surface area contributed by atoms with Crippen LogP contribution in [0.2, 0.25) is 0 Å². The largest absolute Gasteiger partial charge is 0.492 e. The third kappa shape index (κ3) is 4.32. The Labute approximate surface area is 148 Å². The van der Waals surface area contributed by atoms with Gasteiger partial charge in [0.1, 0.15) is 12.4 Å². The third-order valence-electron chi connectivity index (χ3n) is 4.31. The Morgan fingerprint density at radius 2 is 2.08 bits per heavy atom. The van der Waals surface area contributed by atoms with E-state index in [0.717, 1.165) is 22.5 Å². The summed E-state index contributed by atoms with van der Waals surface area (Å²) in [4.78, 5) is 3.24. The van der Waals surface area contributed by atoms with Crippen molar-refractivity contribution in [3.63, 3.8) is 0 Å². The van der Waals surface area contributed by atoms with E-state index in [1.807, 2.05) is 49.6 Å². The lowest BCUT2D eigenvalue weighted by Crippen LogP contribution is -2.26. The van der Waals surface area contributed by atoms with Crippen LogP contribution in [0.3, 0.4) is 0 Å². The van der Waals surface area contributed by atoms with Gasteiger partial charge in [0.2, 0.25) is 0 Å². The Morgan fingerprint density at radius 1 is 1.20 bits per heavy atom. The van der Waals surface area contributed by atoms with Gasteiger partial charge in [-0.05, 0) is 42.3 Å². The molecule has 5 heteroatoms. The standard InChI is InChI=1S/C20H25N3O2/c1-14-12-23-19-11-17(6-7-18(14)19)25-9-8-22-13-20(24)15-4-3-5-16(10-15)21-2/h3-7,10-12,20-24H,8-9,13H2,1-2H3/t20-/m0/s1. The Hall–Kier alpha value is -2.50. The molecule has 1 heterocycles. The van der Waals surface area contributed by atoms with Crippen molar-refractivity contribution in [1.29, 1.82) is 0 Å². The van der Waals surface area contributed by atoms with Gasteiger partial charge in [0, 0.05) is 49.0 Å². The molecule has 0 radical (unpaired) electrons. The van der Waals surface area contributed by atoms with E-state index < -0.39 is 6.10 Å². The van der Waals surface area contributed by atoms with Crippen LogP contribution in [0.15, 0.2) is 48.7 Å². The van der Waals surface area contributed by atoms with Crippen LogP contribution in [-0.2, 0) is 0 Å². The van der Waals surface area contributed by atoms with E-state index in [1.165, 1.54) is 10.9 Å². The molecule has 0 bridgehead atoms. The zero-order valence-electron chi connectivity index (χ0n) is 14.7. The van der Waals surface area contributed by atoms with Gasteiger partial charge in [-0.1, -0.05) is 12.1 Å². The van der Waals surface area contributed by atoms with Crippen LogP contribution in [0.5, 0.6) is 5.75 Å². The number of H-pyrrole nitrogens is 1. The molecule has 0 unspecified atom stereocenters. The van der Waals surface area contributed by atoms with Crippen LogP contribution < -0.4 is 15.4 Å². The zero-order valence-corrected chi connectivity index (χ0v) is 14.7. The molecule has 25 heavy (non-hydrogen) atoms. The second-order valence-corrected chi connectivity index (χ2v) is 6.12. The fraction of sp³-hybridized carbons (Fsp3) is 0.300. The summed E-state index contributed by atoms with van der Waals surface area (Å²) in [6, 6.07) is 13.9. The molecule has 0 saturated carbocycles. The van der Waals surface area contributed by atoms with Gasteiger partial charge in [0.15, 0.2) is 0 Å². The maximum absolute atomic E-state index is 10.2. The van der Waals surface area contributed by atoms with Crippen LogP contribution in [0.25, 0.3) is 10.9 Å². The number of rotatable bonds is 8. The van der Waals surface area contributed by atoms with Crippen molar-refractivity contribution in [3.05, 3.63) is 59.8 Å². The molecule has 3 rings (SSSR count). The lowest BCUT2D eigenvalue weighted by molar-refractivity contribution is 0.172. The molecule has 4 N–H and O–H groups in total. The summed E-state index contributed by atoms with van der Waals surface area (Å²) in [5.74, 6) is 0.846. The van der Waals surface area contributed by atoms with Gasteiger partial charge in [-0.15, -0.1) is 0 Å². The molecule has 0 aliphatic carbocycles. The van der Waals surface area contributed by atoms with E-state index in [9.17, 15) is 5.11 Å². The quantitative estimate of drug-likeness (QED) is 0.476. The van der Waals surface area contributed by atoms with Crippen LogP contribution in [0.1, 0.15) is 17.2 Å². The number of aryl methyl sites for hydroxylation is 1. The number of fused-ring (bicyclic) bond motifs is 1. The monoisotopic (exact) mass is 339 g/mol. The molecule has 1 atom stereocenters. The highest BCUT2D eigenvalue weighted by Gasteiger charge is 2.07. The number of aromatic nitrogens is 1. The number of nitrogens with one attached hydrogen (secondary N) is 3. The normalized spacial score (nSPS) is 12.3. The van der Waals surface area contributed by atoms with E-state index in [-0.39, 0.29) is 0 Å². The Kier molecular flexibility index (Phi) is 5.58. The first kappa shape index (κ1) is 17.3. The topological polar surface area (TPSA) is 69.3 Å². The van der Waals surface area contributed by atoms with Crippen molar-refractivity contribution in [3.8, 4) is 5.75 Å². The highest BCUT2D eigenvalue weighted by atomic mass is 16.5. The minimum absolute atomic E-state index is 0.491. The van der Waals surface area contributed by atoms with Gasteiger partial charge in [-0.25, -0.2) is 0 Å². The van der Waals surface area contributed by atoms with Crippen molar-refractivity contribution in [1.82, 2.24) is 10.3 Å². The van der Waals surface area contributed by atoms with Gasteiger partial charge >= 0.3 is 0 Å². The lowest BCUT2D eigenvalue weighted by atomic mass is 10.1. The van der Waals surface area contributed by atoms with Crippen molar-refractivity contribution in [2.75, 3.05) is 32.1 Å². The Balaban J connectivity index is 1.43. The maximum atomic E-state index is 10.2. The predicted octanol–water partition coefficient (Wildman–Crippen LogP) is 3.22. The minimum atomic E-state index is -0.536. The average molecular weight is 339 g/mol. The molecule has 0 aliphatic heterocycles. The summed E-state index contributed by atoms with van der Waals surface area (Å²) in [6.45, 7) is 3.80. The molecule has 0 amide bonds. The number of ether oxygens (including phenoxy) is 1. The second kappa shape index (κ2) is 8.05. The summed E-state index contributed by atoms with van der Waals surface area (Å²) in [7, 11) is 1.87.